The normalized spacial score (nSPS) is 21.4. The molecular weight excluding hydrogens is 343 g/mol. The second kappa shape index (κ2) is 6.29. The molecule has 2 heterocycles. The van der Waals surface area contributed by atoms with Crippen LogP contribution in [0.3, 0.4) is 0 Å². The summed E-state index contributed by atoms with van der Waals surface area (Å²) in [4.78, 5) is 24.2. The van der Waals surface area contributed by atoms with Crippen molar-refractivity contribution in [3.8, 4) is 0 Å². The smallest absolute Gasteiger partial charge is 0.407 e. The van der Waals surface area contributed by atoms with Gasteiger partial charge in [0.1, 0.15) is 5.76 Å². The van der Waals surface area contributed by atoms with Gasteiger partial charge in [-0.15, -0.1) is 0 Å². The largest absolute Gasteiger partial charge is 0.465 e. The van der Waals surface area contributed by atoms with Gasteiger partial charge >= 0.3 is 6.09 Å². The van der Waals surface area contributed by atoms with E-state index in [0.717, 1.165) is 5.56 Å². The molecule has 0 unspecified atom stereocenters. The minimum Gasteiger partial charge on any atom is -0.465 e. The molecule has 0 saturated carbocycles. The lowest BCUT2D eigenvalue weighted by atomic mass is 9.86. The second-order valence-corrected chi connectivity index (χ2v) is 6.40. The highest BCUT2D eigenvalue weighted by molar-refractivity contribution is 6.34. The van der Waals surface area contributed by atoms with Crippen LogP contribution in [0.25, 0.3) is 0 Å². The van der Waals surface area contributed by atoms with Gasteiger partial charge < -0.3 is 14.5 Å². The summed E-state index contributed by atoms with van der Waals surface area (Å²) in [7, 11) is 0. The summed E-state index contributed by atoms with van der Waals surface area (Å²) in [6.45, 7) is 0.337. The predicted molar refractivity (Wildman–Crippen MR) is 85.2 cm³/mol. The molecule has 1 aromatic heterocycles. The fourth-order valence-corrected chi connectivity index (χ4v) is 3.58. The predicted octanol–water partition coefficient (Wildman–Crippen LogP) is 3.87. The third kappa shape index (κ3) is 3.38. The van der Waals surface area contributed by atoms with Crippen LogP contribution in [-0.2, 0) is 0 Å². The molecule has 1 saturated heterocycles. The molecule has 1 aromatic carbocycles. The highest BCUT2D eigenvalue weighted by Crippen LogP contribution is 2.40. The maximum Gasteiger partial charge on any atom is 0.407 e. The van der Waals surface area contributed by atoms with Crippen LogP contribution in [0, 0.1) is 0 Å². The Hall–Kier alpha value is -1.92. The van der Waals surface area contributed by atoms with Gasteiger partial charge in [-0.3, -0.25) is 4.79 Å². The average molecular weight is 357 g/mol. The molecule has 0 aliphatic carbocycles. The fraction of sp³-hybridized carbons (Fsp3) is 0.333. The number of rotatable bonds is 2. The highest BCUT2D eigenvalue weighted by atomic mass is 35.5. The zero-order valence-corrected chi connectivity index (χ0v) is 13.5. The van der Waals surface area contributed by atoms with Crippen molar-refractivity contribution in [2.45, 2.75) is 24.8 Å². The zero-order valence-electron chi connectivity index (χ0n) is 12.0. The lowest BCUT2D eigenvalue weighted by Crippen LogP contribution is -2.39. The average Bonchev–Trinajstić information content (AvgIpc) is 2.92. The topological polar surface area (TPSA) is 86.5 Å². The van der Waals surface area contributed by atoms with Crippen LogP contribution in [0.1, 0.15) is 36.1 Å². The highest BCUT2D eigenvalue weighted by Gasteiger charge is 2.35. The number of aromatic nitrogens is 1. The van der Waals surface area contributed by atoms with Gasteiger partial charge in [-0.05, 0) is 36.6 Å². The monoisotopic (exact) mass is 356 g/mol. The van der Waals surface area contributed by atoms with Crippen molar-refractivity contribution in [1.29, 1.82) is 0 Å². The van der Waals surface area contributed by atoms with Gasteiger partial charge in [0.2, 0.25) is 0 Å². The van der Waals surface area contributed by atoms with Gasteiger partial charge in [-0.25, -0.2) is 4.79 Å². The first kappa shape index (κ1) is 16.0. The van der Waals surface area contributed by atoms with E-state index in [-0.39, 0.29) is 11.5 Å². The molecule has 8 heteroatoms. The van der Waals surface area contributed by atoms with Crippen LogP contribution in [0.4, 0.5) is 4.79 Å². The Morgan fingerprint density at radius 1 is 1.26 bits per heavy atom. The van der Waals surface area contributed by atoms with Crippen LogP contribution < -0.4 is 5.56 Å². The Bertz CT molecular complexity index is 766. The van der Waals surface area contributed by atoms with Crippen molar-refractivity contribution in [2.75, 3.05) is 6.54 Å². The van der Waals surface area contributed by atoms with E-state index in [9.17, 15) is 14.7 Å². The van der Waals surface area contributed by atoms with Crippen molar-refractivity contribution in [3.63, 3.8) is 0 Å². The number of H-pyrrole nitrogens is 1. The Morgan fingerprint density at radius 2 is 1.96 bits per heavy atom. The van der Waals surface area contributed by atoms with Crippen LogP contribution in [0.2, 0.25) is 10.0 Å². The first-order valence-corrected chi connectivity index (χ1v) is 7.83. The molecular formula is C15H14Cl2N2O4. The molecule has 2 atom stereocenters. The third-order valence-electron chi connectivity index (χ3n) is 4.06. The first-order valence-electron chi connectivity index (χ1n) is 7.08. The molecule has 0 bridgehead atoms. The minimum absolute atomic E-state index is 0.0488. The van der Waals surface area contributed by atoms with E-state index in [4.69, 9.17) is 27.7 Å². The van der Waals surface area contributed by atoms with E-state index >= 15 is 0 Å². The number of carbonyl (C=O) groups is 1. The van der Waals surface area contributed by atoms with Crippen LogP contribution in [0.5, 0.6) is 0 Å². The molecule has 1 aliphatic rings. The van der Waals surface area contributed by atoms with E-state index in [1.165, 1.54) is 11.0 Å². The van der Waals surface area contributed by atoms with E-state index < -0.39 is 12.1 Å². The van der Waals surface area contributed by atoms with E-state index in [2.05, 4.69) is 5.16 Å². The summed E-state index contributed by atoms with van der Waals surface area (Å²) in [5.74, 6) is 0.491. The number of nitrogens with one attached hydrogen (secondary N) is 1. The fourth-order valence-electron chi connectivity index (χ4n) is 3.03. The van der Waals surface area contributed by atoms with Crippen LogP contribution in [0.15, 0.2) is 33.6 Å². The number of nitrogens with zero attached hydrogens (tertiary/aromatic N) is 1. The number of hydrogen-bond acceptors (Lipinski definition) is 3. The lowest BCUT2D eigenvalue weighted by molar-refractivity contribution is 0.0968. The number of amides is 1. The van der Waals surface area contributed by atoms with Gasteiger partial charge in [-0.2, -0.15) is 5.16 Å². The van der Waals surface area contributed by atoms with Crippen molar-refractivity contribution in [1.82, 2.24) is 10.1 Å². The Balaban J connectivity index is 1.94. The van der Waals surface area contributed by atoms with Crippen LogP contribution in [-0.4, -0.2) is 27.8 Å². The zero-order chi connectivity index (χ0) is 16.6. The summed E-state index contributed by atoms with van der Waals surface area (Å²) in [5, 5.41) is 12.6. The van der Waals surface area contributed by atoms with Gasteiger partial charge in [0.25, 0.3) is 5.56 Å². The second-order valence-electron chi connectivity index (χ2n) is 5.53. The van der Waals surface area contributed by atoms with Crippen molar-refractivity contribution < 1.29 is 14.4 Å². The first-order chi connectivity index (χ1) is 10.9. The maximum absolute atomic E-state index is 11.5. The van der Waals surface area contributed by atoms with Gasteiger partial charge in [0.05, 0.1) is 6.04 Å². The molecule has 3 rings (SSSR count). The van der Waals surface area contributed by atoms with E-state index in [0.29, 0.717) is 35.2 Å². The summed E-state index contributed by atoms with van der Waals surface area (Å²) in [6, 6.07) is 6.03. The number of piperidine rings is 1. The molecule has 0 radical (unpaired) electrons. The Labute approximate surface area is 141 Å². The quantitative estimate of drug-likeness (QED) is 0.854. The van der Waals surface area contributed by atoms with Gasteiger partial charge in [0.15, 0.2) is 0 Å². The molecule has 1 amide bonds. The number of carboxylic acid groups (broad SMARTS) is 1. The molecule has 6 nitrogen and oxygen atoms in total. The molecule has 1 fully saturated rings. The van der Waals surface area contributed by atoms with Crippen molar-refractivity contribution in [3.05, 3.63) is 56.0 Å². The summed E-state index contributed by atoms with van der Waals surface area (Å²) >= 11 is 12.1. The number of aromatic amines is 1. The summed E-state index contributed by atoms with van der Waals surface area (Å²) in [5.41, 5.74) is 0.426. The molecule has 2 aromatic rings. The van der Waals surface area contributed by atoms with Gasteiger partial charge in [-0.1, -0.05) is 23.2 Å². The Kier molecular flexibility index (Phi) is 4.37. The Morgan fingerprint density at radius 3 is 2.52 bits per heavy atom. The lowest BCUT2D eigenvalue weighted by Gasteiger charge is -2.37. The molecule has 122 valence electrons. The van der Waals surface area contributed by atoms with E-state index in [1.807, 2.05) is 0 Å². The van der Waals surface area contributed by atoms with Crippen molar-refractivity contribution >= 4 is 29.3 Å². The molecule has 1 aliphatic heterocycles. The molecule has 23 heavy (non-hydrogen) atoms. The number of likely N-dealkylation sites (tertiary alicyclic amines) is 1. The molecule has 2 N–H and O–H groups in total. The molecule has 0 spiro atoms. The summed E-state index contributed by atoms with van der Waals surface area (Å²) < 4.78 is 5.18. The number of halogens is 2. The minimum atomic E-state index is -1.000. The van der Waals surface area contributed by atoms with Crippen LogP contribution >= 0.6 is 23.2 Å². The SMILES string of the molecule is O=C(O)N1CC[C@@H](c2cc(=O)[nH]o2)C[C@H]1c1cc(Cl)cc(Cl)c1. The third-order valence-corrected chi connectivity index (χ3v) is 4.50. The number of hydrogen-bond donors (Lipinski definition) is 2. The maximum atomic E-state index is 11.5. The van der Waals surface area contributed by atoms with Gasteiger partial charge in [0, 0.05) is 28.6 Å². The van der Waals surface area contributed by atoms with Crippen molar-refractivity contribution in [2.24, 2.45) is 0 Å². The summed E-state index contributed by atoms with van der Waals surface area (Å²) in [6.07, 6.45) is 0.0712. The number of benzene rings is 1. The van der Waals surface area contributed by atoms with E-state index in [1.54, 1.807) is 18.2 Å². The standard InChI is InChI=1S/C15H14Cl2N2O4/c16-10-3-9(4-11(17)6-10)12-5-8(1-2-19(12)15(21)22)13-7-14(20)18-23-13/h3-4,6-8,12H,1-2,5H2,(H,18,20)(H,21,22)/t8-,12+/m1/s1.